The van der Waals surface area contributed by atoms with Gasteiger partial charge in [0.05, 0.1) is 16.9 Å². The van der Waals surface area contributed by atoms with Crippen LogP contribution in [0.1, 0.15) is 12.5 Å². The molecule has 2 aromatic rings. The normalized spacial score (nSPS) is 12.9. The molecule has 4 nitrogen and oxygen atoms in total. The lowest BCUT2D eigenvalue weighted by Crippen LogP contribution is -2.07. The van der Waals surface area contributed by atoms with Crippen molar-refractivity contribution in [2.24, 2.45) is 0 Å². The number of carbonyl (C=O) groups is 1. The van der Waals surface area contributed by atoms with Gasteiger partial charge in [0.2, 0.25) is 0 Å². The van der Waals surface area contributed by atoms with E-state index in [1.807, 2.05) is 0 Å². The van der Waals surface area contributed by atoms with Gasteiger partial charge in [-0.25, -0.2) is 4.79 Å². The van der Waals surface area contributed by atoms with Crippen LogP contribution in [0.2, 0.25) is 0 Å². The molecule has 1 aromatic carbocycles. The highest BCUT2D eigenvalue weighted by Gasteiger charge is 2.30. The molecule has 128 valence electrons. The second-order valence-corrected chi connectivity index (χ2v) is 7.04. The lowest BCUT2D eigenvalue weighted by molar-refractivity contribution is -0.137. The molecule has 0 amide bonds. The highest BCUT2D eigenvalue weighted by molar-refractivity contribution is 8.05. The summed E-state index contributed by atoms with van der Waals surface area (Å²) >= 11 is 1.86. The first-order valence-corrected chi connectivity index (χ1v) is 8.08. The Hall–Kier alpha value is -2.00. The van der Waals surface area contributed by atoms with Crippen molar-refractivity contribution in [1.29, 1.82) is 0 Å². The van der Waals surface area contributed by atoms with Gasteiger partial charge in [-0.3, -0.25) is 4.79 Å². The molecular formula is C15H11F3O4S2. The Kier molecular flexibility index (Phi) is 5.24. The molecule has 2 rings (SSSR count). The Morgan fingerprint density at radius 3 is 2.50 bits per heavy atom. The third-order valence-electron chi connectivity index (χ3n) is 2.93. The average molecular weight is 376 g/mol. The molecule has 24 heavy (non-hydrogen) atoms. The lowest BCUT2D eigenvalue weighted by atomic mass is 10.1. The van der Waals surface area contributed by atoms with Gasteiger partial charge in [0.15, 0.2) is 5.43 Å². The topological polar surface area (TPSA) is 63.6 Å². The van der Waals surface area contributed by atoms with Crippen molar-refractivity contribution in [3.05, 3.63) is 50.7 Å². The van der Waals surface area contributed by atoms with Crippen LogP contribution < -0.4 is 5.43 Å². The molecule has 0 bridgehead atoms. The van der Waals surface area contributed by atoms with Crippen LogP contribution in [-0.2, 0) is 15.7 Å². The number of hydrogen-bond acceptors (Lipinski definition) is 6. The number of aliphatic hydroxyl groups excluding tert-OH is 1. The number of alkyl halides is 3. The van der Waals surface area contributed by atoms with Gasteiger partial charge in [0.1, 0.15) is 10.7 Å². The van der Waals surface area contributed by atoms with Crippen molar-refractivity contribution < 1.29 is 27.8 Å². The fourth-order valence-corrected chi connectivity index (χ4v) is 3.97. The highest BCUT2D eigenvalue weighted by atomic mass is 32.2. The number of esters is 1. The van der Waals surface area contributed by atoms with Crippen molar-refractivity contribution in [2.75, 3.05) is 7.11 Å². The summed E-state index contributed by atoms with van der Waals surface area (Å²) in [7, 11) is 1.15. The zero-order valence-electron chi connectivity index (χ0n) is 12.4. The van der Waals surface area contributed by atoms with Crippen molar-refractivity contribution in [3.8, 4) is 0 Å². The summed E-state index contributed by atoms with van der Waals surface area (Å²) < 4.78 is 43.4. The van der Waals surface area contributed by atoms with Crippen molar-refractivity contribution in [3.63, 3.8) is 0 Å². The molecule has 1 heterocycles. The van der Waals surface area contributed by atoms with E-state index in [1.165, 1.54) is 13.0 Å². The van der Waals surface area contributed by atoms with Crippen molar-refractivity contribution in [2.45, 2.75) is 17.3 Å². The number of hydrogen-bond donors (Lipinski definition) is 1. The van der Waals surface area contributed by atoms with E-state index in [0.717, 1.165) is 48.4 Å². The molecule has 0 saturated heterocycles. The number of aliphatic hydroxyl groups is 1. The van der Waals surface area contributed by atoms with Crippen LogP contribution in [0.25, 0.3) is 10.1 Å². The summed E-state index contributed by atoms with van der Waals surface area (Å²) in [6, 6.07) is 4.03. The van der Waals surface area contributed by atoms with Crippen LogP contribution in [0, 0.1) is 0 Å². The molecule has 1 N–H and O–H groups in total. The third kappa shape index (κ3) is 3.90. The monoisotopic (exact) mass is 376 g/mol. The van der Waals surface area contributed by atoms with Gasteiger partial charge in [0.25, 0.3) is 0 Å². The van der Waals surface area contributed by atoms with Gasteiger partial charge in [-0.2, -0.15) is 13.2 Å². The Morgan fingerprint density at radius 1 is 1.29 bits per heavy atom. The molecule has 0 aliphatic carbocycles. The van der Waals surface area contributed by atoms with Crippen molar-refractivity contribution in [1.82, 2.24) is 0 Å². The first-order chi connectivity index (χ1) is 11.1. The first kappa shape index (κ1) is 18.3. The maximum Gasteiger partial charge on any atom is 0.416 e. The number of rotatable bonds is 3. The minimum atomic E-state index is -4.53. The smallest absolute Gasteiger partial charge is 0.416 e. The molecule has 0 unspecified atom stereocenters. The molecule has 1 aromatic heterocycles. The predicted octanol–water partition coefficient (Wildman–Crippen LogP) is 4.33. The molecule has 0 saturated carbocycles. The first-order valence-electron chi connectivity index (χ1n) is 6.44. The Bertz CT molecular complexity index is 880. The minimum absolute atomic E-state index is 0.0523. The quantitative estimate of drug-likeness (QED) is 0.374. The van der Waals surface area contributed by atoms with E-state index in [9.17, 15) is 27.9 Å². The maximum absolute atomic E-state index is 12.7. The SMILES string of the molecule is COC(=O)/C(Sc1cc(=O)c2cc(C(F)(F)F)ccc2s1)=C(\C)O. The molecular weight excluding hydrogens is 365 g/mol. The number of methoxy groups -OCH3 is 1. The van der Waals surface area contributed by atoms with E-state index >= 15 is 0 Å². The summed E-state index contributed by atoms with van der Waals surface area (Å²) in [4.78, 5) is 23.6. The Morgan fingerprint density at radius 2 is 1.96 bits per heavy atom. The van der Waals surface area contributed by atoms with E-state index in [2.05, 4.69) is 4.74 Å². The molecule has 0 radical (unpaired) electrons. The fraction of sp³-hybridized carbons (Fsp3) is 0.200. The average Bonchev–Trinajstić information content (AvgIpc) is 2.50. The zero-order chi connectivity index (χ0) is 18.1. The van der Waals surface area contributed by atoms with Crippen LogP contribution in [0.5, 0.6) is 0 Å². The summed E-state index contributed by atoms with van der Waals surface area (Å²) in [6.45, 7) is 1.29. The molecule has 9 heteroatoms. The van der Waals surface area contributed by atoms with Gasteiger partial charge in [-0.1, -0.05) is 11.8 Å². The lowest BCUT2D eigenvalue weighted by Gasteiger charge is -2.09. The summed E-state index contributed by atoms with van der Waals surface area (Å²) in [6.07, 6.45) is -4.53. The molecule has 0 aliphatic heterocycles. The Balaban J connectivity index is 2.51. The van der Waals surface area contributed by atoms with Gasteiger partial charge in [-0.15, -0.1) is 11.3 Å². The number of carbonyl (C=O) groups excluding carboxylic acids is 1. The standard InChI is InChI=1S/C15H11F3O4S2/c1-7(19)13(14(21)22-2)24-12-6-10(20)9-5-8(15(16,17)18)3-4-11(9)23-12/h3-6,19H,1-2H3/b13-7-. The van der Waals surface area contributed by atoms with Crippen molar-refractivity contribution >= 4 is 39.2 Å². The van der Waals surface area contributed by atoms with Crippen LogP contribution in [0.4, 0.5) is 13.2 Å². The highest BCUT2D eigenvalue weighted by Crippen LogP contribution is 2.36. The number of ether oxygens (including phenoxy) is 1. The van der Waals surface area contributed by atoms with Crippen LogP contribution >= 0.6 is 23.1 Å². The number of benzene rings is 1. The largest absolute Gasteiger partial charge is 0.511 e. The summed E-state index contributed by atoms with van der Waals surface area (Å²) in [5.41, 5.74) is -1.50. The number of thioether (sulfide) groups is 1. The predicted molar refractivity (Wildman–Crippen MR) is 86.3 cm³/mol. The van der Waals surface area contributed by atoms with Gasteiger partial charge in [-0.05, 0) is 25.1 Å². The van der Waals surface area contributed by atoms with Crippen LogP contribution in [0.3, 0.4) is 0 Å². The van der Waals surface area contributed by atoms with Crippen LogP contribution in [-0.4, -0.2) is 18.2 Å². The van der Waals surface area contributed by atoms with E-state index in [0.29, 0.717) is 8.91 Å². The van der Waals surface area contributed by atoms with Gasteiger partial charge >= 0.3 is 12.1 Å². The van der Waals surface area contributed by atoms with Crippen LogP contribution in [0.15, 0.2) is 43.9 Å². The molecule has 0 atom stereocenters. The van der Waals surface area contributed by atoms with E-state index in [1.54, 1.807) is 0 Å². The second-order valence-electron chi connectivity index (χ2n) is 4.65. The van der Waals surface area contributed by atoms with Gasteiger partial charge < -0.3 is 9.84 Å². The fourth-order valence-electron chi connectivity index (χ4n) is 1.82. The van der Waals surface area contributed by atoms with E-state index in [4.69, 9.17) is 0 Å². The third-order valence-corrected chi connectivity index (χ3v) is 5.31. The molecule has 0 aliphatic rings. The molecule has 0 spiro atoms. The minimum Gasteiger partial charge on any atom is -0.511 e. The number of halogens is 3. The Labute approximate surface area is 142 Å². The summed E-state index contributed by atoms with van der Waals surface area (Å²) in [5, 5.41) is 9.49. The van der Waals surface area contributed by atoms with E-state index in [-0.39, 0.29) is 16.1 Å². The number of allylic oxidation sites excluding steroid dienone is 1. The zero-order valence-corrected chi connectivity index (χ0v) is 14.1. The maximum atomic E-state index is 12.7. The van der Waals surface area contributed by atoms with Gasteiger partial charge in [0, 0.05) is 16.2 Å². The molecule has 0 fully saturated rings. The van der Waals surface area contributed by atoms with E-state index < -0.39 is 23.1 Å². The number of fused-ring (bicyclic) bond motifs is 1. The second kappa shape index (κ2) is 6.86. The summed E-state index contributed by atoms with van der Waals surface area (Å²) in [5.74, 6) is -1.05.